The molecule has 3 rings (SSSR count). The normalized spacial score (nSPS) is 13.7. The summed E-state index contributed by atoms with van der Waals surface area (Å²) in [6.45, 7) is 0.137. The van der Waals surface area contributed by atoms with Gasteiger partial charge in [0, 0.05) is 24.7 Å². The third kappa shape index (κ3) is 3.89. The van der Waals surface area contributed by atoms with Crippen LogP contribution >= 0.6 is 11.6 Å². The minimum atomic E-state index is -0.764. The molecule has 2 aromatic carbocycles. The highest BCUT2D eigenvalue weighted by atomic mass is 35.5. The molecule has 26 heavy (non-hydrogen) atoms. The molecule has 134 valence electrons. The molecule has 2 amide bonds. The summed E-state index contributed by atoms with van der Waals surface area (Å²) in [5, 5.41) is 3.38. The van der Waals surface area contributed by atoms with E-state index >= 15 is 0 Å². The molecule has 0 spiro atoms. The molecule has 1 unspecified atom stereocenters. The van der Waals surface area contributed by atoms with Gasteiger partial charge in [-0.2, -0.15) is 0 Å². The molecular formula is C20H19ClN2O3. The van der Waals surface area contributed by atoms with Crippen molar-refractivity contribution in [1.29, 1.82) is 0 Å². The molecule has 0 bridgehead atoms. The highest BCUT2D eigenvalue weighted by Gasteiger charge is 2.26. The zero-order chi connectivity index (χ0) is 18.7. The van der Waals surface area contributed by atoms with E-state index in [2.05, 4.69) is 5.32 Å². The summed E-state index contributed by atoms with van der Waals surface area (Å²) in [6.07, 6.45) is 1.74. The van der Waals surface area contributed by atoms with Gasteiger partial charge in [0.2, 0.25) is 5.91 Å². The Morgan fingerprint density at radius 2 is 1.88 bits per heavy atom. The maximum absolute atomic E-state index is 12.7. The van der Waals surface area contributed by atoms with Crippen LogP contribution in [0.2, 0.25) is 5.02 Å². The largest absolute Gasteiger partial charge is 0.488 e. The van der Waals surface area contributed by atoms with Crippen LogP contribution in [0.4, 0.5) is 0 Å². The number of rotatable bonds is 4. The van der Waals surface area contributed by atoms with Crippen LogP contribution in [0, 0.1) is 0 Å². The predicted molar refractivity (Wildman–Crippen MR) is 101 cm³/mol. The van der Waals surface area contributed by atoms with E-state index in [4.69, 9.17) is 16.3 Å². The SMILES string of the molecule is CN(C)C(=O)C(NC(=O)C1=Cc2cc(Cl)ccc2OC1)c1ccccc1. The van der Waals surface area contributed by atoms with Crippen LogP contribution in [0.15, 0.2) is 54.1 Å². The van der Waals surface area contributed by atoms with E-state index in [0.29, 0.717) is 16.3 Å². The number of benzene rings is 2. The summed E-state index contributed by atoms with van der Waals surface area (Å²) in [6, 6.07) is 13.6. The van der Waals surface area contributed by atoms with Crippen molar-refractivity contribution in [3.05, 3.63) is 70.3 Å². The number of nitrogens with zero attached hydrogens (tertiary/aromatic N) is 1. The van der Waals surface area contributed by atoms with Crippen LogP contribution in [0.1, 0.15) is 17.2 Å². The number of likely N-dealkylation sites (N-methyl/N-ethyl adjacent to an activating group) is 1. The van der Waals surface area contributed by atoms with E-state index in [9.17, 15) is 9.59 Å². The van der Waals surface area contributed by atoms with Crippen molar-refractivity contribution in [3.63, 3.8) is 0 Å². The fourth-order valence-electron chi connectivity index (χ4n) is 2.69. The lowest BCUT2D eigenvalue weighted by Gasteiger charge is -2.24. The molecule has 5 nitrogen and oxygen atoms in total. The van der Waals surface area contributed by atoms with Gasteiger partial charge in [0.1, 0.15) is 18.4 Å². The Morgan fingerprint density at radius 3 is 2.58 bits per heavy atom. The zero-order valence-electron chi connectivity index (χ0n) is 14.5. The number of nitrogens with one attached hydrogen (secondary N) is 1. The number of amides is 2. The third-order valence-corrected chi connectivity index (χ3v) is 4.31. The first-order valence-corrected chi connectivity index (χ1v) is 8.53. The topological polar surface area (TPSA) is 58.6 Å². The van der Waals surface area contributed by atoms with Gasteiger partial charge in [-0.1, -0.05) is 41.9 Å². The van der Waals surface area contributed by atoms with Crippen LogP contribution < -0.4 is 10.1 Å². The Morgan fingerprint density at radius 1 is 1.15 bits per heavy atom. The number of hydrogen-bond donors (Lipinski definition) is 1. The average Bonchev–Trinajstić information content (AvgIpc) is 2.65. The Hall–Kier alpha value is -2.79. The van der Waals surface area contributed by atoms with E-state index in [1.54, 1.807) is 38.4 Å². The van der Waals surface area contributed by atoms with Crippen molar-refractivity contribution in [2.45, 2.75) is 6.04 Å². The second kappa shape index (κ2) is 7.62. The van der Waals surface area contributed by atoms with E-state index in [-0.39, 0.29) is 18.4 Å². The molecule has 0 fully saturated rings. The molecule has 0 saturated carbocycles. The molecule has 1 aliphatic rings. The number of fused-ring (bicyclic) bond motifs is 1. The highest BCUT2D eigenvalue weighted by Crippen LogP contribution is 2.29. The molecule has 1 heterocycles. The molecule has 2 aromatic rings. The zero-order valence-corrected chi connectivity index (χ0v) is 15.3. The van der Waals surface area contributed by atoms with Crippen molar-refractivity contribution in [2.75, 3.05) is 20.7 Å². The molecule has 1 atom stereocenters. The Bertz CT molecular complexity index is 863. The minimum absolute atomic E-state index is 0.137. The summed E-state index contributed by atoms with van der Waals surface area (Å²) in [4.78, 5) is 26.7. The van der Waals surface area contributed by atoms with Crippen LogP contribution in [0.3, 0.4) is 0 Å². The lowest BCUT2D eigenvalue weighted by molar-refractivity contribution is -0.133. The number of carbonyl (C=O) groups is 2. The van der Waals surface area contributed by atoms with E-state index < -0.39 is 6.04 Å². The molecule has 1 aliphatic heterocycles. The minimum Gasteiger partial charge on any atom is -0.488 e. The van der Waals surface area contributed by atoms with E-state index in [0.717, 1.165) is 11.1 Å². The van der Waals surface area contributed by atoms with Crippen LogP contribution in [-0.2, 0) is 9.59 Å². The summed E-state index contributed by atoms with van der Waals surface area (Å²) in [5.74, 6) is 0.125. The maximum atomic E-state index is 12.7. The van der Waals surface area contributed by atoms with Gasteiger partial charge in [0.15, 0.2) is 0 Å². The Kier molecular flexibility index (Phi) is 5.28. The van der Waals surface area contributed by atoms with Gasteiger partial charge in [-0.25, -0.2) is 0 Å². The van der Waals surface area contributed by atoms with E-state index in [1.807, 2.05) is 30.3 Å². The lowest BCUT2D eigenvalue weighted by atomic mass is 10.0. The Labute approximate surface area is 157 Å². The van der Waals surface area contributed by atoms with Gasteiger partial charge in [-0.15, -0.1) is 0 Å². The number of halogens is 1. The maximum Gasteiger partial charge on any atom is 0.251 e. The molecule has 6 heteroatoms. The standard InChI is InChI=1S/C20H19ClN2O3/c1-23(2)20(25)18(13-6-4-3-5-7-13)22-19(24)15-10-14-11-16(21)8-9-17(14)26-12-15/h3-11,18H,12H2,1-2H3,(H,22,24). The van der Waals surface area contributed by atoms with E-state index in [1.165, 1.54) is 4.90 Å². The van der Waals surface area contributed by atoms with Gasteiger partial charge < -0.3 is 15.0 Å². The Balaban J connectivity index is 1.85. The third-order valence-electron chi connectivity index (χ3n) is 4.07. The van der Waals surface area contributed by atoms with Crippen LogP contribution in [-0.4, -0.2) is 37.4 Å². The van der Waals surface area contributed by atoms with Gasteiger partial charge in [0.05, 0.1) is 5.57 Å². The van der Waals surface area contributed by atoms with Crippen molar-refractivity contribution < 1.29 is 14.3 Å². The first-order chi connectivity index (χ1) is 12.5. The van der Waals surface area contributed by atoms with Crippen LogP contribution in [0.25, 0.3) is 6.08 Å². The second-order valence-electron chi connectivity index (χ2n) is 6.19. The van der Waals surface area contributed by atoms with Crippen molar-refractivity contribution in [3.8, 4) is 5.75 Å². The lowest BCUT2D eigenvalue weighted by Crippen LogP contribution is -2.41. The van der Waals surface area contributed by atoms with Crippen LogP contribution in [0.5, 0.6) is 5.75 Å². The molecule has 0 radical (unpaired) electrons. The first-order valence-electron chi connectivity index (χ1n) is 8.15. The molecule has 1 N–H and O–H groups in total. The summed E-state index contributed by atoms with van der Waals surface area (Å²) >= 11 is 6.01. The summed E-state index contributed by atoms with van der Waals surface area (Å²) in [5.41, 5.74) is 1.90. The number of carbonyl (C=O) groups excluding carboxylic acids is 2. The fraction of sp³-hybridized carbons (Fsp3) is 0.200. The number of ether oxygens (including phenoxy) is 1. The van der Waals surface area contributed by atoms with Crippen molar-refractivity contribution >= 4 is 29.5 Å². The van der Waals surface area contributed by atoms with Gasteiger partial charge >= 0.3 is 0 Å². The second-order valence-corrected chi connectivity index (χ2v) is 6.63. The molecular weight excluding hydrogens is 352 g/mol. The first kappa shape index (κ1) is 18.0. The molecule has 0 aromatic heterocycles. The quantitative estimate of drug-likeness (QED) is 0.899. The summed E-state index contributed by atoms with van der Waals surface area (Å²) in [7, 11) is 3.32. The fourth-order valence-corrected chi connectivity index (χ4v) is 2.88. The molecule has 0 aliphatic carbocycles. The van der Waals surface area contributed by atoms with Gasteiger partial charge in [0.25, 0.3) is 5.91 Å². The average molecular weight is 371 g/mol. The summed E-state index contributed by atoms with van der Waals surface area (Å²) < 4.78 is 5.62. The van der Waals surface area contributed by atoms with Crippen molar-refractivity contribution in [2.24, 2.45) is 0 Å². The smallest absolute Gasteiger partial charge is 0.251 e. The molecule has 0 saturated heterocycles. The van der Waals surface area contributed by atoms with Gasteiger partial charge in [-0.05, 0) is 29.8 Å². The van der Waals surface area contributed by atoms with Gasteiger partial charge in [-0.3, -0.25) is 9.59 Å². The van der Waals surface area contributed by atoms with Crippen molar-refractivity contribution in [1.82, 2.24) is 10.2 Å². The monoisotopic (exact) mass is 370 g/mol. The predicted octanol–water partition coefficient (Wildman–Crippen LogP) is 3.06. The number of hydrogen-bond acceptors (Lipinski definition) is 3. The highest BCUT2D eigenvalue weighted by molar-refractivity contribution is 6.30.